The van der Waals surface area contributed by atoms with E-state index in [1.165, 1.54) is 5.56 Å². The first-order chi connectivity index (χ1) is 15.6. The van der Waals surface area contributed by atoms with E-state index in [2.05, 4.69) is 59.5 Å². The highest BCUT2D eigenvalue weighted by Crippen LogP contribution is 2.25. The lowest BCUT2D eigenvalue weighted by Crippen LogP contribution is -2.18. The van der Waals surface area contributed by atoms with Crippen LogP contribution in [0.25, 0.3) is 16.5 Å². The van der Waals surface area contributed by atoms with E-state index in [1.54, 1.807) is 24.4 Å². The van der Waals surface area contributed by atoms with Crippen LogP contribution in [0.5, 0.6) is 0 Å². The van der Waals surface area contributed by atoms with Crippen molar-refractivity contribution in [1.82, 2.24) is 9.40 Å². The van der Waals surface area contributed by atoms with Gasteiger partial charge in [0, 0.05) is 22.6 Å². The van der Waals surface area contributed by atoms with Crippen LogP contribution >= 0.6 is 0 Å². The number of benzene rings is 3. The molecule has 1 aromatic heterocycles. The Morgan fingerprint density at radius 1 is 0.879 bits per heavy atom. The third-order valence-corrected chi connectivity index (χ3v) is 7.09. The summed E-state index contributed by atoms with van der Waals surface area (Å²) in [7, 11) is -3.76. The van der Waals surface area contributed by atoms with Crippen LogP contribution in [0, 0.1) is 13.8 Å². The number of nitrogens with one attached hydrogen (secondary N) is 1. The first-order valence-electron chi connectivity index (χ1n) is 10.9. The van der Waals surface area contributed by atoms with Gasteiger partial charge in [0.25, 0.3) is 10.0 Å². The lowest BCUT2D eigenvalue weighted by Gasteiger charge is -2.20. The monoisotopic (exact) mass is 459 g/mol. The zero-order chi connectivity index (χ0) is 23.8. The predicted octanol–water partition coefficient (Wildman–Crippen LogP) is 5.86. The Morgan fingerprint density at radius 2 is 1.55 bits per heavy atom. The lowest BCUT2D eigenvalue weighted by molar-refractivity contribution is 0.584. The highest BCUT2D eigenvalue weighted by Gasteiger charge is 2.16. The molecular formula is C27H29N3O2S. The lowest BCUT2D eigenvalue weighted by atomic mass is 9.87. The van der Waals surface area contributed by atoms with Gasteiger partial charge in [0.15, 0.2) is 0 Å². The van der Waals surface area contributed by atoms with E-state index in [1.807, 2.05) is 44.2 Å². The zero-order valence-electron chi connectivity index (χ0n) is 19.6. The van der Waals surface area contributed by atoms with Gasteiger partial charge >= 0.3 is 0 Å². The number of hydrogen-bond donors (Lipinski definition) is 1. The van der Waals surface area contributed by atoms with E-state index in [9.17, 15) is 8.42 Å². The molecule has 5 nitrogen and oxygen atoms in total. The van der Waals surface area contributed by atoms with Crippen molar-refractivity contribution in [2.75, 3.05) is 0 Å². The molecule has 0 amide bonds. The Hall–Kier alpha value is -3.38. The summed E-state index contributed by atoms with van der Waals surface area (Å²) < 4.78 is 27.6. The minimum atomic E-state index is -3.76. The van der Waals surface area contributed by atoms with E-state index in [0.717, 1.165) is 33.4 Å². The Kier molecular flexibility index (Phi) is 5.89. The maximum atomic E-state index is 12.7. The maximum Gasteiger partial charge on any atom is 0.276 e. The Morgan fingerprint density at radius 3 is 2.21 bits per heavy atom. The summed E-state index contributed by atoms with van der Waals surface area (Å²) in [6.07, 6.45) is 1.56. The second kappa shape index (κ2) is 8.52. The Labute approximate surface area is 195 Å². The number of sulfonamides is 1. The van der Waals surface area contributed by atoms with Crippen LogP contribution in [0.2, 0.25) is 0 Å². The van der Waals surface area contributed by atoms with Crippen molar-refractivity contribution in [3.05, 3.63) is 95.3 Å². The van der Waals surface area contributed by atoms with Gasteiger partial charge < -0.3 is 4.57 Å². The number of rotatable bonds is 5. The summed E-state index contributed by atoms with van der Waals surface area (Å²) in [6, 6.07) is 23.2. The standard InChI is InChI=1S/C27H29N3O2S/c1-19-16-23(20(2)30(19)25-13-11-24(12-14-25)27(3,4)5)18-28-29-33(31,32)26-15-10-21-8-6-7-9-22(21)17-26/h6-18,29H,1-5H3/b28-18+. The Bertz CT molecular complexity index is 1440. The number of hydrogen-bond acceptors (Lipinski definition) is 3. The van der Waals surface area contributed by atoms with Crippen molar-refractivity contribution in [2.24, 2.45) is 5.10 Å². The number of hydrazone groups is 1. The number of nitrogens with zero attached hydrogens (tertiary/aromatic N) is 2. The van der Waals surface area contributed by atoms with Crippen LogP contribution in [0.1, 0.15) is 43.3 Å². The van der Waals surface area contributed by atoms with Crippen LogP contribution in [0.3, 0.4) is 0 Å². The number of aryl methyl sites for hydroxylation is 1. The Balaban J connectivity index is 1.56. The van der Waals surface area contributed by atoms with Gasteiger partial charge in [-0.25, -0.2) is 4.83 Å². The van der Waals surface area contributed by atoms with Gasteiger partial charge in [-0.1, -0.05) is 63.2 Å². The molecule has 0 saturated carbocycles. The van der Waals surface area contributed by atoms with Crippen molar-refractivity contribution in [2.45, 2.75) is 44.9 Å². The van der Waals surface area contributed by atoms with Crippen molar-refractivity contribution >= 4 is 27.0 Å². The van der Waals surface area contributed by atoms with Gasteiger partial charge in [-0.3, -0.25) is 0 Å². The third-order valence-electron chi connectivity index (χ3n) is 5.87. The van der Waals surface area contributed by atoms with Crippen LogP contribution < -0.4 is 4.83 Å². The summed E-state index contributed by atoms with van der Waals surface area (Å²) in [5, 5.41) is 5.90. The van der Waals surface area contributed by atoms with Crippen LogP contribution in [0.15, 0.2) is 82.8 Å². The molecule has 4 aromatic rings. The molecule has 1 N–H and O–H groups in total. The van der Waals surface area contributed by atoms with Crippen LogP contribution in [-0.2, 0) is 15.4 Å². The SMILES string of the molecule is Cc1cc(/C=N/NS(=O)(=O)c2ccc3ccccc3c2)c(C)n1-c1ccc(C(C)(C)C)cc1. The van der Waals surface area contributed by atoms with Gasteiger partial charge in [-0.15, -0.1) is 0 Å². The van der Waals surface area contributed by atoms with Gasteiger partial charge in [0.1, 0.15) is 0 Å². The van der Waals surface area contributed by atoms with Gasteiger partial charge in [0.05, 0.1) is 11.1 Å². The summed E-state index contributed by atoms with van der Waals surface area (Å²) in [6.45, 7) is 10.6. The van der Waals surface area contributed by atoms with Crippen molar-refractivity contribution in [1.29, 1.82) is 0 Å². The fourth-order valence-corrected chi connectivity index (χ4v) is 4.80. The number of fused-ring (bicyclic) bond motifs is 1. The molecule has 0 fully saturated rings. The summed E-state index contributed by atoms with van der Waals surface area (Å²) in [5.74, 6) is 0. The normalized spacial score (nSPS) is 12.5. The molecule has 0 saturated heterocycles. The molecule has 1 heterocycles. The summed E-state index contributed by atoms with van der Waals surface area (Å²) >= 11 is 0. The average molecular weight is 460 g/mol. The third kappa shape index (κ3) is 4.71. The minimum Gasteiger partial charge on any atom is -0.318 e. The first kappa shape index (κ1) is 22.8. The second-order valence-corrected chi connectivity index (χ2v) is 11.0. The van der Waals surface area contributed by atoms with E-state index in [-0.39, 0.29) is 10.3 Å². The van der Waals surface area contributed by atoms with Crippen molar-refractivity contribution < 1.29 is 8.42 Å². The number of aromatic nitrogens is 1. The van der Waals surface area contributed by atoms with Crippen LogP contribution in [-0.4, -0.2) is 19.2 Å². The molecule has 33 heavy (non-hydrogen) atoms. The predicted molar refractivity (Wildman–Crippen MR) is 136 cm³/mol. The van der Waals surface area contributed by atoms with Gasteiger partial charge in [0.2, 0.25) is 0 Å². The fraction of sp³-hybridized carbons (Fsp3) is 0.222. The highest BCUT2D eigenvalue weighted by molar-refractivity contribution is 7.89. The summed E-state index contributed by atoms with van der Waals surface area (Å²) in [4.78, 5) is 2.52. The molecule has 6 heteroatoms. The molecular weight excluding hydrogens is 430 g/mol. The zero-order valence-corrected chi connectivity index (χ0v) is 20.4. The topological polar surface area (TPSA) is 63.5 Å². The average Bonchev–Trinajstić information content (AvgIpc) is 3.05. The molecule has 3 aromatic carbocycles. The molecule has 0 spiro atoms. The molecule has 0 radical (unpaired) electrons. The maximum absolute atomic E-state index is 12.7. The molecule has 0 aliphatic rings. The smallest absolute Gasteiger partial charge is 0.276 e. The van der Waals surface area contributed by atoms with Crippen molar-refractivity contribution in [3.63, 3.8) is 0 Å². The molecule has 0 aliphatic heterocycles. The largest absolute Gasteiger partial charge is 0.318 e. The molecule has 0 bridgehead atoms. The fourth-order valence-electron chi connectivity index (χ4n) is 3.98. The quantitative estimate of drug-likeness (QED) is 0.300. The molecule has 0 unspecified atom stereocenters. The molecule has 170 valence electrons. The van der Waals surface area contributed by atoms with E-state index in [4.69, 9.17) is 0 Å². The van der Waals surface area contributed by atoms with Crippen LogP contribution in [0.4, 0.5) is 0 Å². The molecule has 0 atom stereocenters. The van der Waals surface area contributed by atoms with Crippen molar-refractivity contribution in [3.8, 4) is 5.69 Å². The summed E-state index contributed by atoms with van der Waals surface area (Å²) in [5.41, 5.74) is 5.33. The first-order valence-corrected chi connectivity index (χ1v) is 12.4. The second-order valence-electron chi connectivity index (χ2n) is 9.32. The van der Waals surface area contributed by atoms with Gasteiger partial charge in [-0.2, -0.15) is 13.5 Å². The highest BCUT2D eigenvalue weighted by atomic mass is 32.2. The van der Waals surface area contributed by atoms with E-state index < -0.39 is 10.0 Å². The van der Waals surface area contributed by atoms with E-state index >= 15 is 0 Å². The minimum absolute atomic E-state index is 0.0966. The molecule has 0 aliphatic carbocycles. The molecule has 4 rings (SSSR count). The van der Waals surface area contributed by atoms with E-state index in [0.29, 0.717) is 0 Å². The van der Waals surface area contributed by atoms with Gasteiger partial charge in [-0.05, 0) is 65.9 Å².